The van der Waals surface area contributed by atoms with Crippen LogP contribution in [0.15, 0.2) is 29.2 Å². The number of alkyl halides is 3. The molecule has 0 unspecified atom stereocenters. The molecule has 0 saturated heterocycles. The summed E-state index contributed by atoms with van der Waals surface area (Å²) in [6.07, 6.45) is 0. The van der Waals surface area contributed by atoms with E-state index < -0.39 is 25.4 Å². The average molecular weight is 270 g/mol. The van der Waals surface area contributed by atoms with Crippen LogP contribution in [0.3, 0.4) is 0 Å². The fraction of sp³-hybridized carbons (Fsp3) is 0.125. The molecule has 0 amide bonds. The molecule has 0 bridgehead atoms. The lowest BCUT2D eigenvalue weighted by atomic mass is 10.2. The summed E-state index contributed by atoms with van der Waals surface area (Å²) >= 11 is 3.39. The summed E-state index contributed by atoms with van der Waals surface area (Å²) in [6, 6.07) is 3.62. The van der Waals surface area contributed by atoms with Crippen molar-refractivity contribution in [2.75, 3.05) is 0 Å². The molecule has 0 aliphatic carbocycles. The number of sulfone groups is 1. The van der Waals surface area contributed by atoms with Crippen molar-refractivity contribution in [3.8, 4) is 0 Å². The Morgan fingerprint density at radius 2 is 1.81 bits per heavy atom. The minimum atomic E-state index is -5.42. The molecule has 3 nitrogen and oxygen atoms in total. The molecule has 0 aliphatic heterocycles. The molecule has 0 spiro atoms. The van der Waals surface area contributed by atoms with Crippen LogP contribution in [-0.2, 0) is 9.84 Å². The topological polar surface area (TPSA) is 51.2 Å². The highest BCUT2D eigenvalue weighted by atomic mass is 32.2. The largest absolute Gasteiger partial charge is 0.501 e. The van der Waals surface area contributed by atoms with Gasteiger partial charge >= 0.3 is 5.51 Å². The Morgan fingerprint density at radius 1 is 1.25 bits per heavy atom. The molecule has 1 rings (SSSR count). The van der Waals surface area contributed by atoms with Gasteiger partial charge in [0.1, 0.15) is 0 Å². The smallest absolute Gasteiger partial charge is 0.282 e. The summed E-state index contributed by atoms with van der Waals surface area (Å²) < 4.78 is 58.4. The Kier molecular flexibility index (Phi) is 3.34. The van der Waals surface area contributed by atoms with E-state index in [1.807, 2.05) is 0 Å². The molecule has 0 heterocycles. The Balaban J connectivity index is 3.36. The van der Waals surface area contributed by atoms with E-state index in [0.717, 1.165) is 12.1 Å². The maximum Gasteiger partial charge on any atom is 0.501 e. The lowest BCUT2D eigenvalue weighted by molar-refractivity contribution is -0.0436. The molecule has 16 heavy (non-hydrogen) atoms. The number of carbonyl (C=O) groups is 1. The van der Waals surface area contributed by atoms with Gasteiger partial charge in [-0.05, 0) is 12.1 Å². The highest BCUT2D eigenvalue weighted by molar-refractivity contribution is 7.97. The fourth-order valence-electron chi connectivity index (χ4n) is 0.930. The average Bonchev–Trinajstić information content (AvgIpc) is 2.16. The first kappa shape index (κ1) is 13.0. The molecular formula is C8H5F3O3S2. The number of hydrogen-bond donors (Lipinski definition) is 1. The highest BCUT2D eigenvalue weighted by Gasteiger charge is 2.46. The van der Waals surface area contributed by atoms with Gasteiger partial charge in [-0.2, -0.15) is 13.2 Å². The second-order valence-electron chi connectivity index (χ2n) is 2.78. The minimum absolute atomic E-state index is 0.214. The molecule has 0 N–H and O–H groups in total. The monoisotopic (exact) mass is 270 g/mol. The lowest BCUT2D eigenvalue weighted by Crippen LogP contribution is -2.23. The van der Waals surface area contributed by atoms with E-state index in [4.69, 9.17) is 0 Å². The van der Waals surface area contributed by atoms with Gasteiger partial charge in [-0.3, -0.25) is 4.79 Å². The SMILES string of the molecule is O=C(S)c1cccc(S(=O)(=O)C(F)(F)F)c1. The predicted molar refractivity (Wildman–Crippen MR) is 53.0 cm³/mol. The Hall–Kier alpha value is -1.02. The number of benzene rings is 1. The summed E-state index contributed by atoms with van der Waals surface area (Å²) in [5, 5.41) is -0.806. The van der Waals surface area contributed by atoms with Crippen molar-refractivity contribution in [3.63, 3.8) is 0 Å². The fourth-order valence-corrected chi connectivity index (χ4v) is 1.88. The van der Waals surface area contributed by atoms with Crippen LogP contribution in [0.1, 0.15) is 10.4 Å². The van der Waals surface area contributed by atoms with Gasteiger partial charge < -0.3 is 0 Å². The Labute approximate surface area is 94.6 Å². The summed E-state index contributed by atoms with van der Waals surface area (Å²) in [4.78, 5) is 9.79. The third-order valence-corrected chi connectivity index (χ3v) is 3.44. The lowest BCUT2D eigenvalue weighted by Gasteiger charge is -2.08. The van der Waals surface area contributed by atoms with Crippen LogP contribution in [0.4, 0.5) is 13.2 Å². The summed E-state index contributed by atoms with van der Waals surface area (Å²) in [5.74, 6) is 0. The van der Waals surface area contributed by atoms with Gasteiger partial charge in [0.2, 0.25) is 5.12 Å². The molecule has 0 atom stereocenters. The molecule has 0 aliphatic rings. The molecule has 88 valence electrons. The second kappa shape index (κ2) is 4.10. The minimum Gasteiger partial charge on any atom is -0.282 e. The zero-order chi connectivity index (χ0) is 12.6. The van der Waals surface area contributed by atoms with E-state index >= 15 is 0 Å². The molecule has 0 fully saturated rings. The van der Waals surface area contributed by atoms with Crippen LogP contribution in [0.25, 0.3) is 0 Å². The molecule has 0 radical (unpaired) electrons. The first-order chi connectivity index (χ1) is 7.16. The van der Waals surface area contributed by atoms with Crippen LogP contribution in [0, 0.1) is 0 Å². The molecule has 1 aromatic rings. The standard InChI is InChI=1S/C8H5F3O3S2/c9-8(10,11)16(13,14)6-3-1-2-5(4-6)7(12)15/h1-4H,(H,12,15). The Morgan fingerprint density at radius 3 is 2.25 bits per heavy atom. The van der Waals surface area contributed by atoms with Gasteiger partial charge in [-0.25, -0.2) is 8.42 Å². The van der Waals surface area contributed by atoms with Crippen LogP contribution in [0.5, 0.6) is 0 Å². The van der Waals surface area contributed by atoms with Crippen molar-refractivity contribution in [2.45, 2.75) is 10.4 Å². The third kappa shape index (κ3) is 2.38. The highest BCUT2D eigenvalue weighted by Crippen LogP contribution is 2.30. The van der Waals surface area contributed by atoms with E-state index in [1.54, 1.807) is 0 Å². The van der Waals surface area contributed by atoms with Crippen LogP contribution in [-0.4, -0.2) is 19.0 Å². The van der Waals surface area contributed by atoms with E-state index in [0.29, 0.717) is 6.07 Å². The van der Waals surface area contributed by atoms with Crippen LogP contribution < -0.4 is 0 Å². The molecule has 8 heteroatoms. The maximum absolute atomic E-state index is 12.2. The van der Waals surface area contributed by atoms with E-state index in [1.165, 1.54) is 6.07 Å². The Bertz CT molecular complexity index is 520. The molecule has 1 aromatic carbocycles. The van der Waals surface area contributed by atoms with Crippen molar-refractivity contribution in [3.05, 3.63) is 29.8 Å². The summed E-state index contributed by atoms with van der Waals surface area (Å²) in [6.45, 7) is 0. The second-order valence-corrected chi connectivity index (χ2v) is 5.13. The van der Waals surface area contributed by atoms with Crippen molar-refractivity contribution < 1.29 is 26.4 Å². The van der Waals surface area contributed by atoms with Gasteiger partial charge in [0, 0.05) is 5.56 Å². The predicted octanol–water partition coefficient (Wildman–Crippen LogP) is 2.05. The van der Waals surface area contributed by atoms with Crippen molar-refractivity contribution in [1.29, 1.82) is 0 Å². The quantitative estimate of drug-likeness (QED) is 0.837. The first-order valence-corrected chi connectivity index (χ1v) is 5.74. The third-order valence-electron chi connectivity index (χ3n) is 1.70. The number of carbonyl (C=O) groups excluding carboxylic acids is 1. The van der Waals surface area contributed by atoms with Crippen LogP contribution >= 0.6 is 12.6 Å². The zero-order valence-corrected chi connectivity index (χ0v) is 9.23. The van der Waals surface area contributed by atoms with Crippen molar-refractivity contribution in [2.24, 2.45) is 0 Å². The zero-order valence-electron chi connectivity index (χ0n) is 7.52. The van der Waals surface area contributed by atoms with Crippen molar-refractivity contribution in [1.82, 2.24) is 0 Å². The molecule has 0 aromatic heterocycles. The maximum atomic E-state index is 12.2. The van der Waals surface area contributed by atoms with Gasteiger partial charge in [-0.1, -0.05) is 12.1 Å². The van der Waals surface area contributed by atoms with Gasteiger partial charge in [0.05, 0.1) is 4.90 Å². The van der Waals surface area contributed by atoms with Crippen LogP contribution in [0.2, 0.25) is 0 Å². The molecular weight excluding hydrogens is 265 g/mol. The van der Waals surface area contributed by atoms with Crippen molar-refractivity contribution >= 4 is 27.6 Å². The molecule has 0 saturated carbocycles. The van der Waals surface area contributed by atoms with Gasteiger partial charge in [0.15, 0.2) is 0 Å². The van der Waals surface area contributed by atoms with Gasteiger partial charge in [0.25, 0.3) is 9.84 Å². The van der Waals surface area contributed by atoms with E-state index in [9.17, 15) is 26.4 Å². The van der Waals surface area contributed by atoms with E-state index in [-0.39, 0.29) is 5.56 Å². The first-order valence-electron chi connectivity index (χ1n) is 3.81. The number of thiol groups is 1. The summed E-state index contributed by atoms with van der Waals surface area (Å²) in [5.41, 5.74) is -5.60. The number of hydrogen-bond acceptors (Lipinski definition) is 3. The number of rotatable bonds is 2. The number of halogens is 3. The normalized spacial score (nSPS) is 12.5. The van der Waals surface area contributed by atoms with E-state index in [2.05, 4.69) is 12.6 Å². The summed E-state index contributed by atoms with van der Waals surface area (Å²) in [7, 11) is -5.42. The van der Waals surface area contributed by atoms with Gasteiger partial charge in [-0.15, -0.1) is 12.6 Å².